The molecule has 0 saturated carbocycles. The summed E-state index contributed by atoms with van der Waals surface area (Å²) in [5.74, 6) is 1.55. The number of fused-ring (bicyclic) bond motifs is 1. The largest absolute Gasteiger partial charge is 0.378 e. The average molecular weight is 385 g/mol. The lowest BCUT2D eigenvalue weighted by atomic mass is 9.85. The number of carbonyl (C=O) groups is 1. The van der Waals surface area contributed by atoms with Crippen LogP contribution in [-0.2, 0) is 4.79 Å². The summed E-state index contributed by atoms with van der Waals surface area (Å²) < 4.78 is 1.87. The SMILES string of the molecule is CN(C)c1ccc(-c2nc3n(n2)[C@H](c2ccccc2)C2=C(CCCC2=O)N3)cc1. The molecule has 6 heteroatoms. The van der Waals surface area contributed by atoms with E-state index in [4.69, 9.17) is 10.1 Å². The van der Waals surface area contributed by atoms with E-state index in [1.807, 2.05) is 49.1 Å². The van der Waals surface area contributed by atoms with E-state index in [1.165, 1.54) is 0 Å². The molecular weight excluding hydrogens is 362 g/mol. The van der Waals surface area contributed by atoms with Crippen molar-refractivity contribution in [2.24, 2.45) is 0 Å². The van der Waals surface area contributed by atoms with Crippen LogP contribution >= 0.6 is 0 Å². The molecule has 1 atom stereocenters. The summed E-state index contributed by atoms with van der Waals surface area (Å²) in [6.07, 6.45) is 2.33. The van der Waals surface area contributed by atoms with Crippen molar-refractivity contribution in [1.82, 2.24) is 14.8 Å². The minimum absolute atomic E-state index is 0.200. The van der Waals surface area contributed by atoms with Crippen molar-refractivity contribution in [1.29, 1.82) is 0 Å². The lowest BCUT2D eigenvalue weighted by molar-refractivity contribution is -0.116. The van der Waals surface area contributed by atoms with Gasteiger partial charge in [0.2, 0.25) is 5.95 Å². The fourth-order valence-corrected chi connectivity index (χ4v) is 4.13. The van der Waals surface area contributed by atoms with E-state index < -0.39 is 0 Å². The predicted octanol–water partition coefficient (Wildman–Crippen LogP) is 4.03. The molecule has 2 heterocycles. The number of rotatable bonds is 3. The second kappa shape index (κ2) is 6.88. The molecule has 0 unspecified atom stereocenters. The summed E-state index contributed by atoms with van der Waals surface area (Å²) in [6.45, 7) is 0. The van der Waals surface area contributed by atoms with Crippen LogP contribution in [0.3, 0.4) is 0 Å². The Labute approximate surface area is 169 Å². The highest BCUT2D eigenvalue weighted by molar-refractivity contribution is 5.99. The molecule has 0 radical (unpaired) electrons. The zero-order chi connectivity index (χ0) is 20.0. The van der Waals surface area contributed by atoms with Gasteiger partial charge in [0.25, 0.3) is 0 Å². The number of hydrogen-bond donors (Lipinski definition) is 1. The Balaban J connectivity index is 1.61. The van der Waals surface area contributed by atoms with Gasteiger partial charge in [-0.3, -0.25) is 4.79 Å². The Hall–Kier alpha value is -3.41. The molecule has 0 amide bonds. The summed E-state index contributed by atoms with van der Waals surface area (Å²) in [5, 5.41) is 8.21. The Kier molecular flexibility index (Phi) is 4.19. The van der Waals surface area contributed by atoms with Crippen molar-refractivity contribution in [3.8, 4) is 11.4 Å². The number of nitrogens with zero attached hydrogens (tertiary/aromatic N) is 4. The molecule has 1 N–H and O–H groups in total. The molecule has 5 rings (SSSR count). The van der Waals surface area contributed by atoms with Crippen LogP contribution in [0.5, 0.6) is 0 Å². The van der Waals surface area contributed by atoms with Crippen LogP contribution in [0.1, 0.15) is 30.9 Å². The lowest BCUT2D eigenvalue weighted by Crippen LogP contribution is -2.31. The third-order valence-electron chi connectivity index (χ3n) is 5.63. The summed E-state index contributed by atoms with van der Waals surface area (Å²) in [4.78, 5) is 19.7. The summed E-state index contributed by atoms with van der Waals surface area (Å²) >= 11 is 0. The van der Waals surface area contributed by atoms with Crippen LogP contribution in [0.15, 0.2) is 65.9 Å². The van der Waals surface area contributed by atoms with Crippen LogP contribution in [0.2, 0.25) is 0 Å². The fourth-order valence-electron chi connectivity index (χ4n) is 4.13. The monoisotopic (exact) mass is 385 g/mol. The zero-order valence-corrected chi connectivity index (χ0v) is 16.6. The van der Waals surface area contributed by atoms with Crippen LogP contribution in [0.4, 0.5) is 11.6 Å². The number of hydrogen-bond acceptors (Lipinski definition) is 5. The lowest BCUT2D eigenvalue weighted by Gasteiger charge is -2.32. The van der Waals surface area contributed by atoms with E-state index in [0.717, 1.165) is 40.9 Å². The first-order chi connectivity index (χ1) is 14.1. The van der Waals surface area contributed by atoms with Crippen LogP contribution in [-0.4, -0.2) is 34.6 Å². The van der Waals surface area contributed by atoms with Crippen LogP contribution in [0.25, 0.3) is 11.4 Å². The molecule has 6 nitrogen and oxygen atoms in total. The number of anilines is 2. The van der Waals surface area contributed by atoms with Crippen LogP contribution < -0.4 is 10.2 Å². The normalized spacial score (nSPS) is 18.1. The van der Waals surface area contributed by atoms with Gasteiger partial charge in [-0.05, 0) is 42.7 Å². The third-order valence-corrected chi connectivity index (χ3v) is 5.63. The van der Waals surface area contributed by atoms with E-state index in [-0.39, 0.29) is 11.8 Å². The van der Waals surface area contributed by atoms with Gasteiger partial charge in [-0.1, -0.05) is 30.3 Å². The Morgan fingerprint density at radius 1 is 1.03 bits per heavy atom. The van der Waals surface area contributed by atoms with Gasteiger partial charge in [0.1, 0.15) is 6.04 Å². The van der Waals surface area contributed by atoms with Gasteiger partial charge in [0, 0.05) is 43.0 Å². The number of ketones is 1. The zero-order valence-electron chi connectivity index (χ0n) is 16.6. The van der Waals surface area contributed by atoms with Crippen molar-refractivity contribution >= 4 is 17.4 Å². The summed E-state index contributed by atoms with van der Waals surface area (Å²) in [6, 6.07) is 18.1. The first kappa shape index (κ1) is 17.7. The molecule has 0 saturated heterocycles. The van der Waals surface area contributed by atoms with E-state index in [0.29, 0.717) is 18.2 Å². The molecule has 1 aliphatic heterocycles. The molecule has 1 aliphatic carbocycles. The maximum atomic E-state index is 12.8. The summed E-state index contributed by atoms with van der Waals surface area (Å²) in [5.41, 5.74) is 4.95. The van der Waals surface area contributed by atoms with E-state index >= 15 is 0 Å². The number of aromatic nitrogens is 3. The van der Waals surface area contributed by atoms with Gasteiger partial charge in [0.05, 0.1) is 0 Å². The Morgan fingerprint density at radius 3 is 2.52 bits per heavy atom. The third kappa shape index (κ3) is 3.01. The molecule has 29 heavy (non-hydrogen) atoms. The molecule has 3 aromatic rings. The Bertz CT molecular complexity index is 1100. The maximum absolute atomic E-state index is 12.8. The van der Waals surface area contributed by atoms with Gasteiger partial charge in [0.15, 0.2) is 11.6 Å². The van der Waals surface area contributed by atoms with E-state index in [1.54, 1.807) is 0 Å². The molecular formula is C23H23N5O. The van der Waals surface area contributed by atoms with Crippen molar-refractivity contribution in [3.63, 3.8) is 0 Å². The molecule has 2 aliphatic rings. The molecule has 146 valence electrons. The molecule has 0 bridgehead atoms. The molecule has 0 fully saturated rings. The Morgan fingerprint density at radius 2 is 1.79 bits per heavy atom. The van der Waals surface area contributed by atoms with Gasteiger partial charge < -0.3 is 10.2 Å². The number of nitrogens with one attached hydrogen (secondary N) is 1. The first-order valence-electron chi connectivity index (χ1n) is 9.94. The first-order valence-corrected chi connectivity index (χ1v) is 9.94. The predicted molar refractivity (Wildman–Crippen MR) is 114 cm³/mol. The maximum Gasteiger partial charge on any atom is 0.226 e. The second-order valence-electron chi connectivity index (χ2n) is 7.75. The van der Waals surface area contributed by atoms with Crippen molar-refractivity contribution in [2.75, 3.05) is 24.3 Å². The molecule has 2 aromatic carbocycles. The van der Waals surface area contributed by atoms with Gasteiger partial charge in [-0.25, -0.2) is 4.68 Å². The van der Waals surface area contributed by atoms with Gasteiger partial charge in [-0.2, -0.15) is 4.98 Å². The fraction of sp³-hybridized carbons (Fsp3) is 0.261. The standard InChI is InChI=1S/C23H23N5O/c1-27(2)17-13-11-16(12-14-17)22-25-23-24-18-9-6-10-19(29)20(18)21(28(23)26-22)15-7-4-3-5-8-15/h3-5,7-8,11-14,21H,6,9-10H2,1-2H3,(H,24,25,26)/t21-/m1/s1. The van der Waals surface area contributed by atoms with Gasteiger partial charge in [-0.15, -0.1) is 5.10 Å². The average Bonchev–Trinajstić information content (AvgIpc) is 3.17. The number of allylic oxidation sites excluding steroid dienone is 2. The highest BCUT2D eigenvalue weighted by Crippen LogP contribution is 2.40. The minimum Gasteiger partial charge on any atom is -0.378 e. The molecule has 0 spiro atoms. The minimum atomic E-state index is -0.238. The highest BCUT2D eigenvalue weighted by atomic mass is 16.1. The summed E-state index contributed by atoms with van der Waals surface area (Å²) in [7, 11) is 4.04. The number of benzene rings is 2. The molecule has 1 aromatic heterocycles. The van der Waals surface area contributed by atoms with Crippen LogP contribution in [0, 0.1) is 0 Å². The van der Waals surface area contributed by atoms with Crippen molar-refractivity contribution in [2.45, 2.75) is 25.3 Å². The number of Topliss-reactive ketones (excluding diaryl/α,β-unsaturated/α-hetero) is 1. The van der Waals surface area contributed by atoms with E-state index in [2.05, 4.69) is 34.5 Å². The van der Waals surface area contributed by atoms with Crippen molar-refractivity contribution in [3.05, 3.63) is 71.4 Å². The van der Waals surface area contributed by atoms with Crippen molar-refractivity contribution < 1.29 is 4.79 Å². The highest BCUT2D eigenvalue weighted by Gasteiger charge is 2.36. The quantitative estimate of drug-likeness (QED) is 0.737. The topological polar surface area (TPSA) is 63.1 Å². The second-order valence-corrected chi connectivity index (χ2v) is 7.75. The smallest absolute Gasteiger partial charge is 0.226 e. The number of carbonyl (C=O) groups excluding carboxylic acids is 1. The van der Waals surface area contributed by atoms with Gasteiger partial charge >= 0.3 is 0 Å². The van der Waals surface area contributed by atoms with E-state index in [9.17, 15) is 4.79 Å².